The maximum absolute atomic E-state index is 5.72. The molecule has 0 aromatic rings. The van der Waals surface area contributed by atoms with Crippen molar-refractivity contribution >= 4 is 0 Å². The summed E-state index contributed by atoms with van der Waals surface area (Å²) in [6.45, 7) is 4.61. The van der Waals surface area contributed by atoms with Gasteiger partial charge in [0.1, 0.15) is 0 Å². The van der Waals surface area contributed by atoms with Crippen LogP contribution in [-0.4, -0.2) is 39.0 Å². The van der Waals surface area contributed by atoms with Gasteiger partial charge in [0.05, 0.1) is 19.3 Å². The minimum Gasteiger partial charge on any atom is -0.382 e. The van der Waals surface area contributed by atoms with Crippen LogP contribution in [0.3, 0.4) is 0 Å². The van der Waals surface area contributed by atoms with Gasteiger partial charge in [0.2, 0.25) is 0 Å². The van der Waals surface area contributed by atoms with Gasteiger partial charge in [0, 0.05) is 13.2 Å². The number of methoxy groups -OCH3 is 1. The fourth-order valence-electron chi connectivity index (χ4n) is 1.90. The lowest BCUT2D eigenvalue weighted by Gasteiger charge is -2.20. The number of ether oxygens (including phenoxy) is 2. The van der Waals surface area contributed by atoms with Gasteiger partial charge < -0.3 is 14.8 Å². The zero-order chi connectivity index (χ0) is 9.52. The fraction of sp³-hybridized carbons (Fsp3) is 1.00. The van der Waals surface area contributed by atoms with E-state index >= 15 is 0 Å². The Kier molecular flexibility index (Phi) is 5.35. The van der Waals surface area contributed by atoms with Crippen molar-refractivity contribution in [3.63, 3.8) is 0 Å². The largest absolute Gasteiger partial charge is 0.382 e. The molecule has 0 bridgehead atoms. The highest BCUT2D eigenvalue weighted by Crippen LogP contribution is 2.21. The predicted octanol–water partition coefficient (Wildman–Crippen LogP) is 1.18. The van der Waals surface area contributed by atoms with E-state index in [1.807, 2.05) is 0 Å². The summed E-state index contributed by atoms with van der Waals surface area (Å²) >= 11 is 0. The summed E-state index contributed by atoms with van der Waals surface area (Å²) in [5.74, 6) is 0. The van der Waals surface area contributed by atoms with E-state index in [-0.39, 0.29) is 0 Å². The highest BCUT2D eigenvalue weighted by atomic mass is 16.5. The second-order valence-electron chi connectivity index (χ2n) is 3.50. The van der Waals surface area contributed by atoms with Gasteiger partial charge in [-0.15, -0.1) is 0 Å². The molecule has 0 heterocycles. The smallest absolute Gasteiger partial charge is 0.0729 e. The number of likely N-dealkylation sites (N-methyl/N-ethyl adjacent to an activating group) is 1. The van der Waals surface area contributed by atoms with E-state index in [0.29, 0.717) is 18.8 Å². The second-order valence-corrected chi connectivity index (χ2v) is 3.50. The Balaban J connectivity index is 2.15. The van der Waals surface area contributed by atoms with Crippen LogP contribution >= 0.6 is 0 Å². The third-order valence-electron chi connectivity index (χ3n) is 2.54. The quantitative estimate of drug-likeness (QED) is 0.633. The monoisotopic (exact) mass is 187 g/mol. The van der Waals surface area contributed by atoms with Crippen molar-refractivity contribution in [2.24, 2.45) is 0 Å². The fourth-order valence-corrected chi connectivity index (χ4v) is 1.90. The topological polar surface area (TPSA) is 30.5 Å². The highest BCUT2D eigenvalue weighted by molar-refractivity contribution is 4.83. The average molecular weight is 187 g/mol. The average Bonchev–Trinajstić information content (AvgIpc) is 2.54. The van der Waals surface area contributed by atoms with Crippen molar-refractivity contribution in [1.82, 2.24) is 5.32 Å². The van der Waals surface area contributed by atoms with E-state index in [2.05, 4.69) is 12.2 Å². The lowest BCUT2D eigenvalue weighted by Crippen LogP contribution is -2.37. The van der Waals surface area contributed by atoms with Crippen LogP contribution in [0.25, 0.3) is 0 Å². The molecule has 78 valence electrons. The van der Waals surface area contributed by atoms with E-state index in [4.69, 9.17) is 9.47 Å². The van der Waals surface area contributed by atoms with Crippen molar-refractivity contribution < 1.29 is 9.47 Å². The number of nitrogens with one attached hydrogen (secondary N) is 1. The third-order valence-corrected chi connectivity index (χ3v) is 2.54. The molecule has 3 nitrogen and oxygen atoms in total. The molecule has 1 aliphatic rings. The van der Waals surface area contributed by atoms with Crippen molar-refractivity contribution in [2.75, 3.05) is 26.9 Å². The lowest BCUT2D eigenvalue weighted by atomic mass is 10.2. The summed E-state index contributed by atoms with van der Waals surface area (Å²) < 4.78 is 10.7. The molecule has 2 atom stereocenters. The molecule has 1 saturated carbocycles. The Morgan fingerprint density at radius 1 is 1.31 bits per heavy atom. The minimum atomic E-state index is 0.412. The number of rotatable bonds is 6. The molecule has 1 rings (SSSR count). The maximum atomic E-state index is 5.72. The Morgan fingerprint density at radius 2 is 2.15 bits per heavy atom. The van der Waals surface area contributed by atoms with Gasteiger partial charge in [-0.2, -0.15) is 0 Å². The maximum Gasteiger partial charge on any atom is 0.0729 e. The Hall–Kier alpha value is -0.120. The van der Waals surface area contributed by atoms with Gasteiger partial charge in [0.25, 0.3) is 0 Å². The molecule has 0 aromatic carbocycles. The molecule has 3 heteroatoms. The van der Waals surface area contributed by atoms with Crippen LogP contribution in [-0.2, 0) is 9.47 Å². The molecule has 0 saturated heterocycles. The summed E-state index contributed by atoms with van der Waals surface area (Å²) in [6.07, 6.45) is 4.15. The molecule has 1 N–H and O–H groups in total. The van der Waals surface area contributed by atoms with Crippen molar-refractivity contribution in [3.8, 4) is 0 Å². The van der Waals surface area contributed by atoms with Gasteiger partial charge in [-0.05, 0) is 25.8 Å². The molecule has 0 aliphatic heterocycles. The Morgan fingerprint density at radius 3 is 2.85 bits per heavy atom. The molecule has 0 aromatic heterocycles. The van der Waals surface area contributed by atoms with Crippen molar-refractivity contribution in [1.29, 1.82) is 0 Å². The summed E-state index contributed by atoms with van der Waals surface area (Å²) in [7, 11) is 1.71. The predicted molar refractivity (Wildman–Crippen MR) is 52.9 cm³/mol. The summed E-state index contributed by atoms with van der Waals surface area (Å²) in [5.41, 5.74) is 0. The van der Waals surface area contributed by atoms with Crippen LogP contribution in [0.1, 0.15) is 26.2 Å². The summed E-state index contributed by atoms with van der Waals surface area (Å²) in [6, 6.07) is 0.571. The van der Waals surface area contributed by atoms with E-state index in [9.17, 15) is 0 Å². The van der Waals surface area contributed by atoms with E-state index in [1.165, 1.54) is 19.3 Å². The van der Waals surface area contributed by atoms with Crippen LogP contribution in [0, 0.1) is 0 Å². The summed E-state index contributed by atoms with van der Waals surface area (Å²) in [5, 5.41) is 3.46. The molecular formula is C10H21NO2. The molecule has 1 fully saturated rings. The normalized spacial score (nSPS) is 28.2. The van der Waals surface area contributed by atoms with E-state index < -0.39 is 0 Å². The van der Waals surface area contributed by atoms with Crippen molar-refractivity contribution in [3.05, 3.63) is 0 Å². The number of hydrogen-bond acceptors (Lipinski definition) is 3. The van der Waals surface area contributed by atoms with Gasteiger partial charge in [-0.25, -0.2) is 0 Å². The van der Waals surface area contributed by atoms with Crippen LogP contribution in [0.5, 0.6) is 0 Å². The van der Waals surface area contributed by atoms with Gasteiger partial charge >= 0.3 is 0 Å². The SMILES string of the molecule is CCNC1CCCC1OCCOC. The zero-order valence-corrected chi connectivity index (χ0v) is 8.71. The van der Waals surface area contributed by atoms with Crippen molar-refractivity contribution in [2.45, 2.75) is 38.3 Å². The first-order valence-electron chi connectivity index (χ1n) is 5.22. The Bertz CT molecular complexity index is 130. The molecule has 0 spiro atoms. The molecule has 2 unspecified atom stereocenters. The molecular weight excluding hydrogens is 166 g/mol. The van der Waals surface area contributed by atoms with E-state index in [1.54, 1.807) is 7.11 Å². The first kappa shape index (κ1) is 11.0. The van der Waals surface area contributed by atoms with Crippen LogP contribution in [0.4, 0.5) is 0 Å². The van der Waals surface area contributed by atoms with Crippen LogP contribution in [0.2, 0.25) is 0 Å². The molecule has 1 aliphatic carbocycles. The van der Waals surface area contributed by atoms with Gasteiger partial charge in [0.15, 0.2) is 0 Å². The first-order valence-corrected chi connectivity index (χ1v) is 5.22. The third kappa shape index (κ3) is 3.63. The molecule has 0 radical (unpaired) electrons. The minimum absolute atomic E-state index is 0.412. The standard InChI is InChI=1S/C10H21NO2/c1-3-11-9-5-4-6-10(9)13-8-7-12-2/h9-11H,3-8H2,1-2H3. The second kappa shape index (κ2) is 6.35. The zero-order valence-electron chi connectivity index (χ0n) is 8.71. The Labute approximate surface area is 80.8 Å². The van der Waals surface area contributed by atoms with E-state index in [0.717, 1.165) is 13.2 Å². The lowest BCUT2D eigenvalue weighted by molar-refractivity contribution is 0.00853. The van der Waals surface area contributed by atoms with Gasteiger partial charge in [-0.1, -0.05) is 6.92 Å². The molecule has 13 heavy (non-hydrogen) atoms. The highest BCUT2D eigenvalue weighted by Gasteiger charge is 2.26. The summed E-state index contributed by atoms with van der Waals surface area (Å²) in [4.78, 5) is 0. The van der Waals surface area contributed by atoms with Crippen LogP contribution in [0.15, 0.2) is 0 Å². The van der Waals surface area contributed by atoms with Gasteiger partial charge in [-0.3, -0.25) is 0 Å². The van der Waals surface area contributed by atoms with Crippen LogP contribution < -0.4 is 5.32 Å². The first-order chi connectivity index (χ1) is 6.38. The molecule has 0 amide bonds. The number of hydrogen-bond donors (Lipinski definition) is 1.